The van der Waals surface area contributed by atoms with Gasteiger partial charge >= 0.3 is 0 Å². The summed E-state index contributed by atoms with van der Waals surface area (Å²) < 4.78 is 62.1. The molecular weight excluding hydrogens is 544 g/mol. The van der Waals surface area contributed by atoms with Gasteiger partial charge in [0.1, 0.15) is 5.75 Å². The van der Waals surface area contributed by atoms with Gasteiger partial charge in [0, 0.05) is 24.7 Å². The summed E-state index contributed by atoms with van der Waals surface area (Å²) in [7, 11) is -6.30. The summed E-state index contributed by atoms with van der Waals surface area (Å²) in [4.78, 5) is -0.0553. The summed E-state index contributed by atoms with van der Waals surface area (Å²) in [5.41, 5.74) is 2.21. The minimum Gasteiger partial charge on any atom is -0.497 e. The number of nitrogens with zero attached hydrogens (tertiary/aromatic N) is 1. The minimum absolute atomic E-state index is 0.0276. The molecule has 0 spiro atoms. The van der Waals surface area contributed by atoms with Gasteiger partial charge in [-0.05, 0) is 59.2 Å². The SMILES string of the molecule is COc1ccc(CN(Cc2ccccc2Cl)S(=O)(=O)c2ccc(S(=O)(=O)NCc3ccccc3)cc2)cc1. The Kier molecular flexibility index (Phi) is 8.86. The topological polar surface area (TPSA) is 92.8 Å². The number of hydrogen-bond donors (Lipinski definition) is 1. The number of benzene rings is 4. The highest BCUT2D eigenvalue weighted by Crippen LogP contribution is 2.26. The Bertz CT molecular complexity index is 1580. The Balaban J connectivity index is 1.59. The molecule has 0 saturated carbocycles. The first-order valence-corrected chi connectivity index (χ1v) is 15.0. The summed E-state index contributed by atoms with van der Waals surface area (Å²) >= 11 is 6.34. The van der Waals surface area contributed by atoms with E-state index >= 15 is 0 Å². The lowest BCUT2D eigenvalue weighted by atomic mass is 10.2. The zero-order valence-corrected chi connectivity index (χ0v) is 23.0. The number of nitrogens with one attached hydrogen (secondary N) is 1. The molecule has 0 aliphatic heterocycles. The molecule has 0 saturated heterocycles. The van der Waals surface area contributed by atoms with Gasteiger partial charge in [0.25, 0.3) is 0 Å². The lowest BCUT2D eigenvalue weighted by Crippen LogP contribution is -2.30. The Morgan fingerprint density at radius 2 is 1.32 bits per heavy atom. The molecule has 4 rings (SSSR count). The van der Waals surface area contributed by atoms with E-state index < -0.39 is 20.0 Å². The molecule has 0 atom stereocenters. The molecular formula is C28H27ClN2O5S2. The van der Waals surface area contributed by atoms with Crippen molar-refractivity contribution in [2.75, 3.05) is 7.11 Å². The van der Waals surface area contributed by atoms with Crippen molar-refractivity contribution in [1.82, 2.24) is 9.03 Å². The van der Waals surface area contributed by atoms with Gasteiger partial charge in [0.15, 0.2) is 0 Å². The molecule has 1 N–H and O–H groups in total. The summed E-state index contributed by atoms with van der Waals surface area (Å²) in [5.74, 6) is 0.659. The summed E-state index contributed by atoms with van der Waals surface area (Å²) in [6.45, 7) is 0.236. The molecule has 0 unspecified atom stereocenters. The van der Waals surface area contributed by atoms with Gasteiger partial charge < -0.3 is 4.74 Å². The molecule has 0 radical (unpaired) electrons. The van der Waals surface area contributed by atoms with Crippen molar-refractivity contribution >= 4 is 31.6 Å². The van der Waals surface area contributed by atoms with Crippen LogP contribution in [0.1, 0.15) is 16.7 Å². The van der Waals surface area contributed by atoms with E-state index in [0.717, 1.165) is 11.1 Å². The normalized spacial score (nSPS) is 12.0. The van der Waals surface area contributed by atoms with Gasteiger partial charge in [-0.25, -0.2) is 21.6 Å². The fourth-order valence-corrected chi connectivity index (χ4v) is 6.39. The van der Waals surface area contributed by atoms with Crippen molar-refractivity contribution in [2.45, 2.75) is 29.4 Å². The van der Waals surface area contributed by atoms with Crippen LogP contribution < -0.4 is 9.46 Å². The third-order valence-corrected chi connectivity index (χ3v) is 9.50. The molecule has 0 aliphatic rings. The van der Waals surface area contributed by atoms with E-state index in [1.807, 2.05) is 30.3 Å². The fraction of sp³-hybridized carbons (Fsp3) is 0.143. The molecule has 10 heteroatoms. The molecule has 0 aromatic heterocycles. The quantitative estimate of drug-likeness (QED) is 0.267. The van der Waals surface area contributed by atoms with Crippen LogP contribution in [0.25, 0.3) is 0 Å². The predicted octanol–water partition coefficient (Wildman–Crippen LogP) is 5.22. The monoisotopic (exact) mass is 570 g/mol. The van der Waals surface area contributed by atoms with Crippen LogP contribution in [-0.4, -0.2) is 28.3 Å². The van der Waals surface area contributed by atoms with Gasteiger partial charge in [0.05, 0.1) is 16.9 Å². The van der Waals surface area contributed by atoms with Crippen LogP contribution in [0.5, 0.6) is 5.75 Å². The third kappa shape index (κ3) is 6.80. The number of halogens is 1. The van der Waals surface area contributed by atoms with E-state index in [2.05, 4.69) is 4.72 Å². The van der Waals surface area contributed by atoms with E-state index in [0.29, 0.717) is 16.3 Å². The van der Waals surface area contributed by atoms with Crippen molar-refractivity contribution < 1.29 is 21.6 Å². The summed E-state index contributed by atoms with van der Waals surface area (Å²) in [6.07, 6.45) is 0. The molecule has 4 aromatic rings. The molecule has 198 valence electrons. The zero-order valence-electron chi connectivity index (χ0n) is 20.6. The van der Waals surface area contributed by atoms with Crippen molar-refractivity contribution in [3.05, 3.63) is 125 Å². The van der Waals surface area contributed by atoms with Crippen LogP contribution in [-0.2, 0) is 39.7 Å². The van der Waals surface area contributed by atoms with Crippen LogP contribution in [0.4, 0.5) is 0 Å². The largest absolute Gasteiger partial charge is 0.497 e. The maximum atomic E-state index is 13.7. The standard InChI is InChI=1S/C28H27ClN2O5S2/c1-36-25-13-11-23(12-14-25)20-31(21-24-9-5-6-10-28(24)29)38(34,35)27-17-15-26(16-18-27)37(32,33)30-19-22-7-3-2-4-8-22/h2-18,30H,19-21H2,1H3. The number of rotatable bonds is 11. The second-order valence-electron chi connectivity index (χ2n) is 8.49. The van der Waals surface area contributed by atoms with Gasteiger partial charge in [-0.3, -0.25) is 0 Å². The average Bonchev–Trinajstić information content (AvgIpc) is 2.94. The van der Waals surface area contributed by atoms with E-state index in [1.165, 1.54) is 28.6 Å². The van der Waals surface area contributed by atoms with E-state index in [4.69, 9.17) is 16.3 Å². The van der Waals surface area contributed by atoms with Gasteiger partial charge in [-0.2, -0.15) is 4.31 Å². The smallest absolute Gasteiger partial charge is 0.243 e. The van der Waals surface area contributed by atoms with Gasteiger partial charge in [-0.15, -0.1) is 0 Å². The highest BCUT2D eigenvalue weighted by molar-refractivity contribution is 7.89. The van der Waals surface area contributed by atoms with Crippen molar-refractivity contribution in [3.8, 4) is 5.75 Å². The molecule has 0 fully saturated rings. The van der Waals surface area contributed by atoms with Crippen LogP contribution >= 0.6 is 11.6 Å². The lowest BCUT2D eigenvalue weighted by Gasteiger charge is -2.23. The maximum absolute atomic E-state index is 13.7. The van der Waals surface area contributed by atoms with Crippen LogP contribution in [0, 0.1) is 0 Å². The third-order valence-electron chi connectivity index (χ3n) is 5.90. The van der Waals surface area contributed by atoms with Gasteiger partial charge in [0.2, 0.25) is 20.0 Å². The fourth-order valence-electron chi connectivity index (χ4n) is 3.77. The van der Waals surface area contributed by atoms with Crippen LogP contribution in [0.3, 0.4) is 0 Å². The molecule has 0 aliphatic carbocycles. The molecule has 0 bridgehead atoms. The Labute approximate surface area is 228 Å². The average molecular weight is 571 g/mol. The number of hydrogen-bond acceptors (Lipinski definition) is 5. The maximum Gasteiger partial charge on any atom is 0.243 e. The minimum atomic E-state index is -4.02. The zero-order chi connectivity index (χ0) is 27.2. The highest BCUT2D eigenvalue weighted by atomic mass is 35.5. The predicted molar refractivity (Wildman–Crippen MR) is 148 cm³/mol. The Morgan fingerprint density at radius 1 is 0.711 bits per heavy atom. The van der Waals surface area contributed by atoms with Crippen LogP contribution in [0.15, 0.2) is 113 Å². The highest BCUT2D eigenvalue weighted by Gasteiger charge is 2.26. The second-order valence-corrected chi connectivity index (χ2v) is 12.6. The first-order valence-electron chi connectivity index (χ1n) is 11.7. The summed E-state index contributed by atoms with van der Waals surface area (Å²) in [5, 5.41) is 0.452. The number of methoxy groups -OCH3 is 1. The van der Waals surface area contributed by atoms with Crippen molar-refractivity contribution in [3.63, 3.8) is 0 Å². The Morgan fingerprint density at radius 3 is 1.95 bits per heavy atom. The lowest BCUT2D eigenvalue weighted by molar-refractivity contribution is 0.399. The Hall–Kier alpha value is -3.21. The van der Waals surface area contributed by atoms with E-state index in [-0.39, 0.29) is 29.4 Å². The molecule has 0 amide bonds. The molecule has 0 heterocycles. The van der Waals surface area contributed by atoms with E-state index in [1.54, 1.807) is 55.6 Å². The molecule has 38 heavy (non-hydrogen) atoms. The molecule has 7 nitrogen and oxygen atoms in total. The second kappa shape index (κ2) is 12.1. The number of sulfonamides is 2. The first kappa shape index (κ1) is 27.8. The van der Waals surface area contributed by atoms with Gasteiger partial charge in [-0.1, -0.05) is 72.3 Å². The van der Waals surface area contributed by atoms with Crippen molar-refractivity contribution in [1.29, 1.82) is 0 Å². The van der Waals surface area contributed by atoms with Crippen molar-refractivity contribution in [2.24, 2.45) is 0 Å². The molecule has 4 aromatic carbocycles. The van der Waals surface area contributed by atoms with Crippen LogP contribution in [0.2, 0.25) is 5.02 Å². The number of ether oxygens (including phenoxy) is 1. The first-order chi connectivity index (χ1) is 18.2. The summed E-state index contributed by atoms with van der Waals surface area (Å²) in [6, 6.07) is 28.5. The van der Waals surface area contributed by atoms with E-state index in [9.17, 15) is 16.8 Å².